The second kappa shape index (κ2) is 5.96. The van der Waals surface area contributed by atoms with Gasteiger partial charge in [0.1, 0.15) is 0 Å². The van der Waals surface area contributed by atoms with Crippen molar-refractivity contribution in [2.45, 2.75) is 51.1 Å². The Morgan fingerprint density at radius 1 is 1.15 bits per heavy atom. The van der Waals surface area contributed by atoms with E-state index in [4.69, 9.17) is 0 Å². The third kappa shape index (κ3) is 2.73. The van der Waals surface area contributed by atoms with Gasteiger partial charge in [-0.3, -0.25) is 4.79 Å². The van der Waals surface area contributed by atoms with Gasteiger partial charge in [0.15, 0.2) is 0 Å². The van der Waals surface area contributed by atoms with E-state index in [1.54, 1.807) is 0 Å². The average molecular weight is 272 g/mol. The van der Waals surface area contributed by atoms with E-state index in [0.717, 1.165) is 37.9 Å². The summed E-state index contributed by atoms with van der Waals surface area (Å²) in [6.07, 6.45) is 5.06. The topological polar surface area (TPSA) is 32.3 Å². The van der Waals surface area contributed by atoms with Crippen LogP contribution < -0.4 is 5.32 Å². The molecule has 3 heteroatoms. The molecule has 2 heterocycles. The third-order valence-electron chi connectivity index (χ3n) is 4.73. The highest BCUT2D eigenvalue weighted by Crippen LogP contribution is 2.28. The second-order valence-corrected chi connectivity index (χ2v) is 6.03. The summed E-state index contributed by atoms with van der Waals surface area (Å²) in [5.41, 5.74) is 2.48. The molecule has 0 radical (unpaired) electrons. The summed E-state index contributed by atoms with van der Waals surface area (Å²) in [6, 6.07) is 9.38. The van der Waals surface area contributed by atoms with Gasteiger partial charge < -0.3 is 10.2 Å². The SMILES string of the molecule is CCc1ccc(CC(=O)N2C3CCNCC2CC3)cc1. The van der Waals surface area contributed by atoms with E-state index in [1.807, 2.05) is 0 Å². The minimum atomic E-state index is 0.311. The molecule has 0 aromatic heterocycles. The number of nitrogens with zero attached hydrogens (tertiary/aromatic N) is 1. The van der Waals surface area contributed by atoms with Gasteiger partial charge in [-0.15, -0.1) is 0 Å². The first kappa shape index (κ1) is 13.6. The van der Waals surface area contributed by atoms with Crippen LogP contribution in [0, 0.1) is 0 Å². The van der Waals surface area contributed by atoms with Crippen molar-refractivity contribution in [1.29, 1.82) is 0 Å². The number of nitrogens with one attached hydrogen (secondary N) is 1. The van der Waals surface area contributed by atoms with Gasteiger partial charge >= 0.3 is 0 Å². The maximum Gasteiger partial charge on any atom is 0.227 e. The molecule has 2 saturated heterocycles. The number of benzene rings is 1. The average Bonchev–Trinajstić information content (AvgIpc) is 2.73. The van der Waals surface area contributed by atoms with Crippen LogP contribution in [0.4, 0.5) is 0 Å². The van der Waals surface area contributed by atoms with E-state index in [-0.39, 0.29) is 0 Å². The fourth-order valence-electron chi connectivity index (χ4n) is 3.55. The Bertz CT molecular complexity index is 454. The number of hydrogen-bond donors (Lipinski definition) is 1. The fourth-order valence-corrected chi connectivity index (χ4v) is 3.55. The molecule has 108 valence electrons. The molecule has 2 fully saturated rings. The largest absolute Gasteiger partial charge is 0.335 e. The number of rotatable bonds is 3. The van der Waals surface area contributed by atoms with Crippen LogP contribution in [0.25, 0.3) is 0 Å². The van der Waals surface area contributed by atoms with Gasteiger partial charge in [-0.25, -0.2) is 0 Å². The van der Waals surface area contributed by atoms with Crippen molar-refractivity contribution in [1.82, 2.24) is 10.2 Å². The quantitative estimate of drug-likeness (QED) is 0.914. The number of amides is 1. The van der Waals surface area contributed by atoms with Crippen LogP contribution in [0.3, 0.4) is 0 Å². The molecule has 2 aliphatic heterocycles. The molecule has 1 aromatic carbocycles. The van der Waals surface area contributed by atoms with E-state index in [1.165, 1.54) is 12.0 Å². The molecule has 2 bridgehead atoms. The molecule has 20 heavy (non-hydrogen) atoms. The Labute approximate surface area is 121 Å². The van der Waals surface area contributed by atoms with Crippen LogP contribution >= 0.6 is 0 Å². The predicted molar refractivity (Wildman–Crippen MR) is 80.7 cm³/mol. The highest BCUT2D eigenvalue weighted by molar-refractivity contribution is 5.79. The lowest BCUT2D eigenvalue weighted by Gasteiger charge is -2.28. The monoisotopic (exact) mass is 272 g/mol. The highest BCUT2D eigenvalue weighted by Gasteiger charge is 2.37. The summed E-state index contributed by atoms with van der Waals surface area (Å²) < 4.78 is 0. The zero-order valence-electron chi connectivity index (χ0n) is 12.3. The Morgan fingerprint density at radius 2 is 1.85 bits per heavy atom. The van der Waals surface area contributed by atoms with E-state index >= 15 is 0 Å². The molecular formula is C17H24N2O. The maximum atomic E-state index is 12.6. The predicted octanol–water partition coefficient (Wildman–Crippen LogP) is 2.14. The zero-order chi connectivity index (χ0) is 13.9. The van der Waals surface area contributed by atoms with Crippen LogP contribution in [0.15, 0.2) is 24.3 Å². The van der Waals surface area contributed by atoms with Crippen molar-refractivity contribution in [3.63, 3.8) is 0 Å². The Kier molecular flexibility index (Phi) is 4.06. The molecule has 1 N–H and O–H groups in total. The number of fused-ring (bicyclic) bond motifs is 2. The van der Waals surface area contributed by atoms with E-state index in [0.29, 0.717) is 24.4 Å². The van der Waals surface area contributed by atoms with E-state index in [2.05, 4.69) is 41.4 Å². The molecule has 1 amide bonds. The van der Waals surface area contributed by atoms with Crippen molar-refractivity contribution in [2.75, 3.05) is 13.1 Å². The third-order valence-corrected chi connectivity index (χ3v) is 4.73. The lowest BCUT2D eigenvalue weighted by molar-refractivity contribution is -0.133. The Balaban J connectivity index is 1.68. The lowest BCUT2D eigenvalue weighted by atomic mass is 10.1. The second-order valence-electron chi connectivity index (χ2n) is 6.03. The normalized spacial score (nSPS) is 25.6. The number of carbonyl (C=O) groups excluding carboxylic acids is 1. The summed E-state index contributed by atoms with van der Waals surface area (Å²) >= 11 is 0. The molecule has 3 rings (SSSR count). The summed E-state index contributed by atoms with van der Waals surface area (Å²) in [5.74, 6) is 0.311. The molecule has 0 spiro atoms. The summed E-state index contributed by atoms with van der Waals surface area (Å²) in [4.78, 5) is 14.8. The van der Waals surface area contributed by atoms with Crippen LogP contribution in [-0.2, 0) is 17.6 Å². The lowest BCUT2D eigenvalue weighted by Crippen LogP contribution is -2.43. The van der Waals surface area contributed by atoms with Gasteiger partial charge in [0.2, 0.25) is 5.91 Å². The molecule has 2 aliphatic rings. The molecule has 3 nitrogen and oxygen atoms in total. The minimum Gasteiger partial charge on any atom is -0.335 e. The molecule has 2 atom stereocenters. The first-order valence-electron chi connectivity index (χ1n) is 7.87. The van der Waals surface area contributed by atoms with Gasteiger partial charge in [0, 0.05) is 18.6 Å². The first-order chi connectivity index (χ1) is 9.78. The highest BCUT2D eigenvalue weighted by atomic mass is 16.2. The molecule has 2 unspecified atom stereocenters. The smallest absolute Gasteiger partial charge is 0.227 e. The first-order valence-corrected chi connectivity index (χ1v) is 7.87. The van der Waals surface area contributed by atoms with Crippen molar-refractivity contribution in [3.8, 4) is 0 Å². The summed E-state index contributed by atoms with van der Waals surface area (Å²) in [5, 5.41) is 3.45. The Morgan fingerprint density at radius 3 is 2.60 bits per heavy atom. The number of hydrogen-bond acceptors (Lipinski definition) is 2. The fraction of sp³-hybridized carbons (Fsp3) is 0.588. The molecular weight excluding hydrogens is 248 g/mol. The van der Waals surface area contributed by atoms with Crippen LogP contribution in [0.1, 0.15) is 37.3 Å². The van der Waals surface area contributed by atoms with E-state index < -0.39 is 0 Å². The van der Waals surface area contributed by atoms with Gasteiger partial charge in [-0.05, 0) is 43.4 Å². The van der Waals surface area contributed by atoms with Crippen molar-refractivity contribution in [2.24, 2.45) is 0 Å². The standard InChI is InChI=1S/C17H24N2O/c1-2-13-3-5-14(6-4-13)11-17(20)19-15-7-8-16(19)12-18-10-9-15/h3-6,15-16,18H,2,7-12H2,1H3. The van der Waals surface area contributed by atoms with E-state index in [9.17, 15) is 4.79 Å². The van der Waals surface area contributed by atoms with Gasteiger partial charge in [0.25, 0.3) is 0 Å². The number of aryl methyl sites for hydroxylation is 1. The van der Waals surface area contributed by atoms with Gasteiger partial charge in [-0.2, -0.15) is 0 Å². The number of carbonyl (C=O) groups is 1. The van der Waals surface area contributed by atoms with Crippen molar-refractivity contribution >= 4 is 5.91 Å². The van der Waals surface area contributed by atoms with Gasteiger partial charge in [0.05, 0.1) is 6.42 Å². The zero-order valence-corrected chi connectivity index (χ0v) is 12.3. The van der Waals surface area contributed by atoms with Gasteiger partial charge in [-0.1, -0.05) is 31.2 Å². The summed E-state index contributed by atoms with van der Waals surface area (Å²) in [7, 11) is 0. The van der Waals surface area contributed by atoms with Crippen molar-refractivity contribution in [3.05, 3.63) is 35.4 Å². The van der Waals surface area contributed by atoms with Crippen molar-refractivity contribution < 1.29 is 4.79 Å². The minimum absolute atomic E-state index is 0.311. The van der Waals surface area contributed by atoms with Crippen LogP contribution in [0.5, 0.6) is 0 Å². The molecule has 0 aliphatic carbocycles. The molecule has 0 saturated carbocycles. The Hall–Kier alpha value is -1.35. The maximum absolute atomic E-state index is 12.6. The van der Waals surface area contributed by atoms with Crippen LogP contribution in [0.2, 0.25) is 0 Å². The van der Waals surface area contributed by atoms with Crippen LogP contribution in [-0.4, -0.2) is 36.0 Å². The molecule has 1 aromatic rings. The summed E-state index contributed by atoms with van der Waals surface area (Å²) in [6.45, 7) is 4.18.